The summed E-state index contributed by atoms with van der Waals surface area (Å²) in [6.45, 7) is 0. The average molecular weight is 302 g/mol. The van der Waals surface area contributed by atoms with E-state index in [4.69, 9.17) is 16.3 Å². The van der Waals surface area contributed by atoms with Gasteiger partial charge in [0.25, 0.3) is 0 Å². The van der Waals surface area contributed by atoms with E-state index in [9.17, 15) is 9.18 Å². The van der Waals surface area contributed by atoms with Crippen molar-refractivity contribution >= 4 is 29.5 Å². The van der Waals surface area contributed by atoms with E-state index in [0.29, 0.717) is 10.6 Å². The summed E-state index contributed by atoms with van der Waals surface area (Å²) in [5, 5.41) is 0.427. The van der Waals surface area contributed by atoms with Gasteiger partial charge in [0.2, 0.25) is 5.90 Å². The minimum Gasteiger partial charge on any atom is -0.402 e. The van der Waals surface area contributed by atoms with Gasteiger partial charge in [-0.05, 0) is 24.3 Å². The van der Waals surface area contributed by atoms with E-state index >= 15 is 0 Å². The molecule has 0 unspecified atom stereocenters. The average Bonchev–Trinajstić information content (AvgIpc) is 2.83. The predicted molar refractivity (Wildman–Crippen MR) is 78.5 cm³/mol. The highest BCUT2D eigenvalue weighted by atomic mass is 35.5. The van der Waals surface area contributed by atoms with Crippen molar-refractivity contribution in [3.8, 4) is 0 Å². The van der Waals surface area contributed by atoms with Gasteiger partial charge in [0.15, 0.2) is 5.70 Å². The van der Waals surface area contributed by atoms with Gasteiger partial charge in [-0.2, -0.15) is 0 Å². The van der Waals surface area contributed by atoms with Crippen molar-refractivity contribution < 1.29 is 13.9 Å². The second-order valence-electron chi connectivity index (χ2n) is 4.34. The molecular formula is C16H9ClFNO2. The maximum atomic E-state index is 13.6. The largest absolute Gasteiger partial charge is 0.402 e. The molecule has 3 nitrogen and oxygen atoms in total. The van der Waals surface area contributed by atoms with Crippen LogP contribution in [-0.4, -0.2) is 11.9 Å². The molecule has 2 aromatic carbocycles. The van der Waals surface area contributed by atoms with E-state index in [-0.39, 0.29) is 17.2 Å². The first kappa shape index (κ1) is 13.5. The summed E-state index contributed by atoms with van der Waals surface area (Å²) in [6.07, 6.45) is 1.35. The Bertz CT molecular complexity index is 783. The van der Waals surface area contributed by atoms with E-state index in [1.54, 1.807) is 42.5 Å². The zero-order valence-corrected chi connectivity index (χ0v) is 11.5. The molecule has 1 heterocycles. The lowest BCUT2D eigenvalue weighted by molar-refractivity contribution is -0.129. The zero-order chi connectivity index (χ0) is 14.8. The van der Waals surface area contributed by atoms with Crippen LogP contribution in [0.25, 0.3) is 6.08 Å². The van der Waals surface area contributed by atoms with Gasteiger partial charge in [-0.25, -0.2) is 14.2 Å². The molecule has 0 aliphatic carbocycles. The number of nitrogens with zero attached hydrogens (tertiary/aromatic N) is 1. The van der Waals surface area contributed by atoms with Crippen molar-refractivity contribution in [3.63, 3.8) is 0 Å². The number of benzene rings is 2. The fourth-order valence-electron chi connectivity index (χ4n) is 1.90. The zero-order valence-electron chi connectivity index (χ0n) is 10.7. The van der Waals surface area contributed by atoms with E-state index in [2.05, 4.69) is 4.99 Å². The van der Waals surface area contributed by atoms with Crippen LogP contribution in [0.5, 0.6) is 0 Å². The molecule has 0 bridgehead atoms. The smallest absolute Gasteiger partial charge is 0.363 e. The highest BCUT2D eigenvalue weighted by Gasteiger charge is 2.25. The minimum absolute atomic E-state index is 0.0371. The lowest BCUT2D eigenvalue weighted by Gasteiger charge is -2.00. The lowest BCUT2D eigenvalue weighted by atomic mass is 10.2. The van der Waals surface area contributed by atoms with E-state index in [1.165, 1.54) is 12.1 Å². The second-order valence-corrected chi connectivity index (χ2v) is 4.74. The summed E-state index contributed by atoms with van der Waals surface area (Å²) in [6, 6.07) is 13.0. The molecular weight excluding hydrogens is 293 g/mol. The SMILES string of the molecule is O=C1OC(c2ccccc2Cl)=NC1=Cc1ccccc1F. The Balaban J connectivity index is 2.00. The Labute approximate surface area is 125 Å². The molecule has 21 heavy (non-hydrogen) atoms. The molecule has 5 heteroatoms. The number of rotatable bonds is 2. The molecule has 0 amide bonds. The van der Waals surface area contributed by atoms with Crippen LogP contribution in [0.4, 0.5) is 4.39 Å². The number of ether oxygens (including phenoxy) is 1. The first-order valence-corrected chi connectivity index (χ1v) is 6.55. The quantitative estimate of drug-likeness (QED) is 0.625. The number of hydrogen-bond donors (Lipinski definition) is 0. The van der Waals surface area contributed by atoms with Crippen molar-refractivity contribution in [1.29, 1.82) is 0 Å². The van der Waals surface area contributed by atoms with Crippen molar-refractivity contribution in [2.24, 2.45) is 4.99 Å². The number of aliphatic imine (C=N–C) groups is 1. The van der Waals surface area contributed by atoms with Crippen molar-refractivity contribution in [3.05, 3.63) is 76.2 Å². The van der Waals surface area contributed by atoms with Crippen LogP contribution < -0.4 is 0 Å². The maximum absolute atomic E-state index is 13.6. The van der Waals surface area contributed by atoms with Gasteiger partial charge in [0.05, 0.1) is 10.6 Å². The highest BCUT2D eigenvalue weighted by molar-refractivity contribution is 6.34. The maximum Gasteiger partial charge on any atom is 0.363 e. The van der Waals surface area contributed by atoms with Gasteiger partial charge in [0.1, 0.15) is 5.82 Å². The summed E-state index contributed by atoms with van der Waals surface area (Å²) in [5.41, 5.74) is 0.827. The third-order valence-electron chi connectivity index (χ3n) is 2.92. The Morgan fingerprint density at radius 1 is 1.10 bits per heavy atom. The van der Waals surface area contributed by atoms with Gasteiger partial charge < -0.3 is 4.74 Å². The Morgan fingerprint density at radius 3 is 2.57 bits per heavy atom. The van der Waals surface area contributed by atoms with Crippen molar-refractivity contribution in [1.82, 2.24) is 0 Å². The second kappa shape index (κ2) is 5.50. The van der Waals surface area contributed by atoms with Crippen LogP contribution in [-0.2, 0) is 9.53 Å². The van der Waals surface area contributed by atoms with Crippen molar-refractivity contribution in [2.45, 2.75) is 0 Å². The summed E-state index contributed by atoms with van der Waals surface area (Å²) in [7, 11) is 0. The molecule has 1 aliphatic rings. The van der Waals surface area contributed by atoms with Crippen LogP contribution in [0.15, 0.2) is 59.2 Å². The first-order valence-electron chi connectivity index (χ1n) is 6.17. The van der Waals surface area contributed by atoms with Crippen LogP contribution in [0, 0.1) is 5.82 Å². The number of esters is 1. The molecule has 0 radical (unpaired) electrons. The molecule has 0 saturated carbocycles. The predicted octanol–water partition coefficient (Wildman–Crippen LogP) is 3.82. The molecule has 0 aromatic heterocycles. The number of cyclic esters (lactones) is 1. The fourth-order valence-corrected chi connectivity index (χ4v) is 2.12. The van der Waals surface area contributed by atoms with Crippen molar-refractivity contribution in [2.75, 3.05) is 0 Å². The van der Waals surface area contributed by atoms with Crippen LogP contribution in [0.3, 0.4) is 0 Å². The Kier molecular flexibility index (Phi) is 3.54. The number of carbonyl (C=O) groups excluding carboxylic acids is 1. The van der Waals surface area contributed by atoms with Crippen LogP contribution in [0.1, 0.15) is 11.1 Å². The van der Waals surface area contributed by atoms with E-state index in [0.717, 1.165) is 0 Å². The summed E-state index contributed by atoms with van der Waals surface area (Å²) >= 11 is 6.03. The molecule has 0 atom stereocenters. The van der Waals surface area contributed by atoms with Gasteiger partial charge in [-0.1, -0.05) is 41.9 Å². The molecule has 0 N–H and O–H groups in total. The molecule has 0 saturated heterocycles. The molecule has 0 spiro atoms. The molecule has 3 rings (SSSR count). The number of carbonyl (C=O) groups is 1. The highest BCUT2D eigenvalue weighted by Crippen LogP contribution is 2.23. The molecule has 0 fully saturated rings. The monoisotopic (exact) mass is 301 g/mol. The van der Waals surface area contributed by atoms with Crippen LogP contribution >= 0.6 is 11.6 Å². The third kappa shape index (κ3) is 2.71. The summed E-state index contributed by atoms with van der Waals surface area (Å²) < 4.78 is 18.7. The first-order chi connectivity index (χ1) is 10.1. The van der Waals surface area contributed by atoms with Gasteiger partial charge >= 0.3 is 5.97 Å². The fraction of sp³-hybridized carbons (Fsp3) is 0. The molecule has 1 aliphatic heterocycles. The van der Waals surface area contributed by atoms with Gasteiger partial charge in [0, 0.05) is 5.56 Å². The molecule has 104 valence electrons. The Morgan fingerprint density at radius 2 is 1.81 bits per heavy atom. The standard InChI is InChI=1S/C16H9ClFNO2/c17-12-7-3-2-6-11(12)15-19-14(16(20)21-15)9-10-5-1-4-8-13(10)18/h1-9H. The minimum atomic E-state index is -0.631. The summed E-state index contributed by atoms with van der Waals surface area (Å²) in [4.78, 5) is 15.9. The number of hydrogen-bond acceptors (Lipinski definition) is 3. The molecule has 2 aromatic rings. The Hall–Kier alpha value is -2.46. The normalized spacial score (nSPS) is 16.0. The lowest BCUT2D eigenvalue weighted by Crippen LogP contribution is -2.05. The third-order valence-corrected chi connectivity index (χ3v) is 3.25. The van der Waals surface area contributed by atoms with Gasteiger partial charge in [-0.15, -0.1) is 0 Å². The van der Waals surface area contributed by atoms with Gasteiger partial charge in [-0.3, -0.25) is 0 Å². The van der Waals surface area contributed by atoms with Crippen LogP contribution in [0.2, 0.25) is 5.02 Å². The number of halogens is 2. The summed E-state index contributed by atoms with van der Waals surface area (Å²) in [5.74, 6) is -0.944. The topological polar surface area (TPSA) is 38.7 Å². The van der Waals surface area contributed by atoms with E-state index < -0.39 is 11.8 Å². The van der Waals surface area contributed by atoms with E-state index in [1.807, 2.05) is 0 Å².